The molecule has 4 heteroatoms. The topological polar surface area (TPSA) is 58.4 Å². The fraction of sp³-hybridized carbons (Fsp3) is 0.909. The first-order valence-electron chi connectivity index (χ1n) is 5.49. The molecule has 4 nitrogen and oxygen atoms in total. The van der Waals surface area contributed by atoms with Gasteiger partial charge in [-0.15, -0.1) is 0 Å². The van der Waals surface area contributed by atoms with E-state index in [0.717, 1.165) is 6.42 Å². The summed E-state index contributed by atoms with van der Waals surface area (Å²) in [5.74, 6) is 0.0410. The number of carbonyl (C=O) groups is 1. The maximum absolute atomic E-state index is 11.5. The molecule has 1 unspecified atom stereocenters. The van der Waals surface area contributed by atoms with Crippen molar-refractivity contribution in [3.8, 4) is 0 Å². The summed E-state index contributed by atoms with van der Waals surface area (Å²) >= 11 is 0. The second-order valence-corrected chi connectivity index (χ2v) is 4.86. The molecule has 1 atom stereocenters. The van der Waals surface area contributed by atoms with E-state index >= 15 is 0 Å². The first-order valence-corrected chi connectivity index (χ1v) is 5.49. The van der Waals surface area contributed by atoms with Gasteiger partial charge in [-0.3, -0.25) is 4.79 Å². The smallest absolute Gasteiger partial charge is 0.221 e. The second kappa shape index (κ2) is 6.08. The molecule has 1 amide bonds. The molecule has 90 valence electrons. The summed E-state index contributed by atoms with van der Waals surface area (Å²) in [5, 5.41) is 2.91. The number of likely N-dealkylation sites (N-methyl/N-ethyl adjacent to an activating group) is 1. The minimum Gasteiger partial charge on any atom is -0.354 e. The molecule has 3 N–H and O–H groups in total. The molecule has 0 aromatic heterocycles. The molecule has 0 aliphatic rings. The van der Waals surface area contributed by atoms with Gasteiger partial charge in [0.05, 0.1) is 0 Å². The minimum absolute atomic E-state index is 0.0209. The molecule has 0 heterocycles. The molecular formula is C11H25N3O. The Labute approximate surface area is 93.2 Å². The molecule has 0 aliphatic carbocycles. The van der Waals surface area contributed by atoms with Crippen LogP contribution in [0.2, 0.25) is 0 Å². The highest BCUT2D eigenvalue weighted by Gasteiger charge is 2.21. The van der Waals surface area contributed by atoms with Crippen molar-refractivity contribution in [2.75, 3.05) is 20.6 Å². The Morgan fingerprint density at radius 2 is 2.00 bits per heavy atom. The van der Waals surface area contributed by atoms with Gasteiger partial charge >= 0.3 is 0 Å². The molecule has 0 rings (SSSR count). The van der Waals surface area contributed by atoms with E-state index in [1.807, 2.05) is 21.0 Å². The van der Waals surface area contributed by atoms with Crippen LogP contribution >= 0.6 is 0 Å². The first-order chi connectivity index (χ1) is 6.79. The largest absolute Gasteiger partial charge is 0.354 e. The lowest BCUT2D eigenvalue weighted by molar-refractivity contribution is -0.121. The molecule has 0 aromatic carbocycles. The zero-order chi connectivity index (χ0) is 12.1. The third-order valence-electron chi connectivity index (χ3n) is 2.90. The average Bonchev–Trinajstić information content (AvgIpc) is 2.14. The highest BCUT2D eigenvalue weighted by atomic mass is 16.1. The van der Waals surface area contributed by atoms with Crippen molar-refractivity contribution in [3.63, 3.8) is 0 Å². The van der Waals surface area contributed by atoms with Crippen molar-refractivity contribution in [3.05, 3.63) is 0 Å². The van der Waals surface area contributed by atoms with E-state index in [-0.39, 0.29) is 17.5 Å². The molecule has 15 heavy (non-hydrogen) atoms. The van der Waals surface area contributed by atoms with E-state index < -0.39 is 0 Å². The Balaban J connectivity index is 3.90. The maximum Gasteiger partial charge on any atom is 0.221 e. The molecule has 0 aromatic rings. The van der Waals surface area contributed by atoms with Gasteiger partial charge in [0.2, 0.25) is 5.91 Å². The lowest BCUT2D eigenvalue weighted by atomic mass is 10.0. The van der Waals surface area contributed by atoms with Crippen LogP contribution < -0.4 is 11.1 Å². The minimum atomic E-state index is -0.0219. The molecule has 0 saturated carbocycles. The zero-order valence-electron chi connectivity index (χ0n) is 10.6. The quantitative estimate of drug-likeness (QED) is 0.681. The van der Waals surface area contributed by atoms with Crippen LogP contribution in [0.4, 0.5) is 0 Å². The van der Waals surface area contributed by atoms with Crippen molar-refractivity contribution in [1.82, 2.24) is 10.2 Å². The summed E-state index contributed by atoms with van der Waals surface area (Å²) in [7, 11) is 4.01. The Morgan fingerprint density at radius 1 is 1.47 bits per heavy atom. The predicted octanol–water partition coefficient (Wildman–Crippen LogP) is 0.570. The van der Waals surface area contributed by atoms with Gasteiger partial charge in [-0.05, 0) is 34.4 Å². The van der Waals surface area contributed by atoms with Gasteiger partial charge in [-0.25, -0.2) is 0 Å². The average molecular weight is 215 g/mol. The molecule has 0 fully saturated rings. The van der Waals surface area contributed by atoms with Crippen molar-refractivity contribution < 1.29 is 4.79 Å². The van der Waals surface area contributed by atoms with Gasteiger partial charge in [0.15, 0.2) is 0 Å². The van der Waals surface area contributed by atoms with Gasteiger partial charge < -0.3 is 16.0 Å². The number of hydrogen-bond donors (Lipinski definition) is 2. The van der Waals surface area contributed by atoms with Crippen LogP contribution in [0.15, 0.2) is 0 Å². The van der Waals surface area contributed by atoms with Crippen molar-refractivity contribution in [2.45, 2.75) is 45.2 Å². The summed E-state index contributed by atoms with van der Waals surface area (Å²) in [4.78, 5) is 13.6. The van der Waals surface area contributed by atoms with E-state index in [9.17, 15) is 4.79 Å². The van der Waals surface area contributed by atoms with Crippen LogP contribution in [0.25, 0.3) is 0 Å². The lowest BCUT2D eigenvalue weighted by Crippen LogP contribution is -2.48. The maximum atomic E-state index is 11.5. The number of nitrogens with zero attached hydrogens (tertiary/aromatic N) is 1. The van der Waals surface area contributed by atoms with Gasteiger partial charge in [0, 0.05) is 24.5 Å². The van der Waals surface area contributed by atoms with Crippen LogP contribution in [-0.4, -0.2) is 43.0 Å². The highest BCUT2D eigenvalue weighted by molar-refractivity contribution is 5.76. The Morgan fingerprint density at radius 3 is 2.40 bits per heavy atom. The van der Waals surface area contributed by atoms with E-state index in [0.29, 0.717) is 13.0 Å². The Bertz CT molecular complexity index is 202. The Hall–Kier alpha value is -0.610. The van der Waals surface area contributed by atoms with E-state index in [1.165, 1.54) is 0 Å². The van der Waals surface area contributed by atoms with Crippen LogP contribution in [0.3, 0.4) is 0 Å². The fourth-order valence-electron chi connectivity index (χ4n) is 0.928. The summed E-state index contributed by atoms with van der Waals surface area (Å²) < 4.78 is 0. The van der Waals surface area contributed by atoms with Crippen LogP contribution in [0.1, 0.15) is 33.6 Å². The van der Waals surface area contributed by atoms with E-state index in [4.69, 9.17) is 5.73 Å². The summed E-state index contributed by atoms with van der Waals surface area (Å²) in [6.07, 6.45) is 1.25. The normalized spacial score (nSPS) is 14.1. The SMILES string of the molecule is CCC(N)CC(=O)NCC(C)(C)N(C)C. The highest BCUT2D eigenvalue weighted by Crippen LogP contribution is 2.07. The fourth-order valence-corrected chi connectivity index (χ4v) is 0.928. The van der Waals surface area contributed by atoms with Gasteiger partial charge in [-0.2, -0.15) is 0 Å². The molecule has 0 saturated heterocycles. The van der Waals surface area contributed by atoms with Crippen molar-refractivity contribution in [2.24, 2.45) is 5.73 Å². The number of nitrogens with two attached hydrogens (primary N) is 1. The molecular weight excluding hydrogens is 190 g/mol. The van der Waals surface area contributed by atoms with Gasteiger partial charge in [-0.1, -0.05) is 6.92 Å². The lowest BCUT2D eigenvalue weighted by Gasteiger charge is -2.32. The van der Waals surface area contributed by atoms with E-state index in [2.05, 4.69) is 24.1 Å². The third kappa shape index (κ3) is 5.74. The molecule has 0 radical (unpaired) electrons. The monoisotopic (exact) mass is 215 g/mol. The molecule has 0 aliphatic heterocycles. The number of rotatable bonds is 6. The summed E-state index contributed by atoms with van der Waals surface area (Å²) in [6.45, 7) is 6.82. The molecule has 0 bridgehead atoms. The van der Waals surface area contributed by atoms with Crippen molar-refractivity contribution >= 4 is 5.91 Å². The number of hydrogen-bond acceptors (Lipinski definition) is 3. The predicted molar refractivity (Wildman–Crippen MR) is 63.7 cm³/mol. The van der Waals surface area contributed by atoms with Crippen molar-refractivity contribution in [1.29, 1.82) is 0 Å². The van der Waals surface area contributed by atoms with Crippen LogP contribution in [0.5, 0.6) is 0 Å². The Kier molecular flexibility index (Phi) is 5.83. The second-order valence-electron chi connectivity index (χ2n) is 4.86. The first kappa shape index (κ1) is 14.4. The van der Waals surface area contributed by atoms with Gasteiger partial charge in [0.1, 0.15) is 0 Å². The summed E-state index contributed by atoms with van der Waals surface area (Å²) in [5.41, 5.74) is 5.68. The standard InChI is InChI=1S/C11H25N3O/c1-6-9(12)7-10(15)13-8-11(2,3)14(4)5/h9H,6-8,12H2,1-5H3,(H,13,15). The zero-order valence-corrected chi connectivity index (χ0v) is 10.6. The summed E-state index contributed by atoms with van der Waals surface area (Å²) in [6, 6.07) is -0.0209. The number of amides is 1. The number of nitrogens with one attached hydrogen (secondary N) is 1. The number of carbonyl (C=O) groups excluding carboxylic acids is 1. The third-order valence-corrected chi connectivity index (χ3v) is 2.90. The van der Waals surface area contributed by atoms with Gasteiger partial charge in [0.25, 0.3) is 0 Å². The van der Waals surface area contributed by atoms with Crippen LogP contribution in [0, 0.1) is 0 Å². The van der Waals surface area contributed by atoms with Crippen LogP contribution in [-0.2, 0) is 4.79 Å². The molecule has 0 spiro atoms. The van der Waals surface area contributed by atoms with E-state index in [1.54, 1.807) is 0 Å².